The molecule has 1 aromatic heterocycles. The van der Waals surface area contributed by atoms with E-state index in [9.17, 15) is 4.79 Å². The summed E-state index contributed by atoms with van der Waals surface area (Å²) >= 11 is 0. The Morgan fingerprint density at radius 3 is 2.48 bits per heavy atom. The highest BCUT2D eigenvalue weighted by Crippen LogP contribution is 2.22. The molecule has 144 valence electrons. The molecule has 1 aliphatic heterocycles. The second-order valence-electron chi connectivity index (χ2n) is 7.18. The van der Waals surface area contributed by atoms with Crippen molar-refractivity contribution in [1.82, 2.24) is 9.88 Å². The van der Waals surface area contributed by atoms with Gasteiger partial charge in [-0.15, -0.1) is 0 Å². The molecule has 0 unspecified atom stereocenters. The van der Waals surface area contributed by atoms with Gasteiger partial charge in [-0.25, -0.2) is 4.98 Å². The van der Waals surface area contributed by atoms with Crippen LogP contribution in [0.4, 0.5) is 0 Å². The molecule has 5 nitrogen and oxygen atoms in total. The lowest BCUT2D eigenvalue weighted by Crippen LogP contribution is -2.57. The van der Waals surface area contributed by atoms with Crippen LogP contribution in [0.15, 0.2) is 78.9 Å². The van der Waals surface area contributed by atoms with Crippen molar-refractivity contribution in [3.05, 3.63) is 78.9 Å². The van der Waals surface area contributed by atoms with Crippen LogP contribution in [0.1, 0.15) is 0 Å². The zero-order valence-electron chi connectivity index (χ0n) is 15.8. The smallest absolute Gasteiger partial charge is 0.260 e. The van der Waals surface area contributed by atoms with Gasteiger partial charge in [-0.05, 0) is 35.0 Å². The van der Waals surface area contributed by atoms with Crippen LogP contribution in [-0.4, -0.2) is 41.6 Å². The summed E-state index contributed by atoms with van der Waals surface area (Å²) in [4.78, 5) is 18.6. The van der Waals surface area contributed by atoms with E-state index in [4.69, 9.17) is 9.47 Å². The van der Waals surface area contributed by atoms with Crippen LogP contribution in [0.25, 0.3) is 21.7 Å². The van der Waals surface area contributed by atoms with Gasteiger partial charge in [-0.2, -0.15) is 0 Å². The van der Waals surface area contributed by atoms with E-state index in [0.717, 1.165) is 21.7 Å². The molecule has 0 saturated carbocycles. The summed E-state index contributed by atoms with van der Waals surface area (Å²) < 4.78 is 11.6. The van der Waals surface area contributed by atoms with Gasteiger partial charge < -0.3 is 14.4 Å². The highest BCUT2D eigenvalue weighted by atomic mass is 16.5. The van der Waals surface area contributed by atoms with Crippen molar-refractivity contribution in [2.45, 2.75) is 6.10 Å². The molecule has 5 heteroatoms. The maximum absolute atomic E-state index is 12.4. The van der Waals surface area contributed by atoms with E-state index in [0.29, 0.717) is 24.7 Å². The lowest BCUT2D eigenvalue weighted by molar-refractivity contribution is -0.142. The predicted octanol–water partition coefficient (Wildman–Crippen LogP) is 4.06. The van der Waals surface area contributed by atoms with E-state index in [1.165, 1.54) is 0 Å². The maximum Gasteiger partial charge on any atom is 0.260 e. The minimum Gasteiger partial charge on any atom is -0.484 e. The summed E-state index contributed by atoms with van der Waals surface area (Å²) in [6.07, 6.45) is -0.0340. The summed E-state index contributed by atoms with van der Waals surface area (Å²) in [5.41, 5.74) is 0.904. The van der Waals surface area contributed by atoms with Crippen molar-refractivity contribution >= 4 is 27.6 Å². The Morgan fingerprint density at radius 1 is 0.897 bits per heavy atom. The van der Waals surface area contributed by atoms with Crippen LogP contribution in [0.5, 0.6) is 11.6 Å². The summed E-state index contributed by atoms with van der Waals surface area (Å²) in [6, 6.07) is 25.7. The first-order chi connectivity index (χ1) is 14.2. The lowest BCUT2D eigenvalue weighted by Gasteiger charge is -2.38. The summed E-state index contributed by atoms with van der Waals surface area (Å²) in [6.45, 7) is 1.13. The second kappa shape index (κ2) is 7.43. The van der Waals surface area contributed by atoms with Gasteiger partial charge >= 0.3 is 0 Å². The van der Waals surface area contributed by atoms with Crippen molar-refractivity contribution in [2.75, 3.05) is 19.7 Å². The molecule has 1 amide bonds. The number of ether oxygens (including phenoxy) is 2. The Bertz CT molecular complexity index is 1180. The molecule has 4 aromatic rings. The Morgan fingerprint density at radius 2 is 1.62 bits per heavy atom. The van der Waals surface area contributed by atoms with Crippen LogP contribution >= 0.6 is 0 Å². The number of amides is 1. The van der Waals surface area contributed by atoms with Gasteiger partial charge in [0.1, 0.15) is 11.9 Å². The number of aromatic nitrogens is 1. The molecule has 1 fully saturated rings. The zero-order valence-corrected chi connectivity index (χ0v) is 15.8. The number of fused-ring (bicyclic) bond motifs is 2. The van der Waals surface area contributed by atoms with Crippen molar-refractivity contribution in [1.29, 1.82) is 0 Å². The molecule has 0 spiro atoms. The second-order valence-corrected chi connectivity index (χ2v) is 7.18. The quantitative estimate of drug-likeness (QED) is 0.521. The third-order valence-electron chi connectivity index (χ3n) is 5.14. The van der Waals surface area contributed by atoms with Crippen molar-refractivity contribution in [3.63, 3.8) is 0 Å². The Kier molecular flexibility index (Phi) is 4.48. The minimum atomic E-state index is -0.0375. The van der Waals surface area contributed by atoms with E-state index in [-0.39, 0.29) is 18.6 Å². The predicted molar refractivity (Wildman–Crippen MR) is 112 cm³/mol. The Hall–Kier alpha value is -3.60. The van der Waals surface area contributed by atoms with E-state index in [1.807, 2.05) is 72.8 Å². The fourth-order valence-corrected chi connectivity index (χ4v) is 3.49. The Labute approximate surface area is 168 Å². The van der Waals surface area contributed by atoms with Crippen LogP contribution in [0.2, 0.25) is 0 Å². The molecule has 3 aromatic carbocycles. The fourth-order valence-electron chi connectivity index (χ4n) is 3.49. The van der Waals surface area contributed by atoms with E-state index < -0.39 is 0 Å². The lowest BCUT2D eigenvalue weighted by atomic mass is 10.1. The van der Waals surface area contributed by atoms with Crippen LogP contribution in [-0.2, 0) is 4.79 Å². The van der Waals surface area contributed by atoms with Crippen LogP contribution in [0, 0.1) is 0 Å². The number of para-hydroxylation sites is 1. The first-order valence-corrected chi connectivity index (χ1v) is 9.66. The first kappa shape index (κ1) is 17.5. The van der Waals surface area contributed by atoms with Gasteiger partial charge in [0.2, 0.25) is 5.88 Å². The van der Waals surface area contributed by atoms with Crippen LogP contribution < -0.4 is 9.47 Å². The molecule has 0 atom stereocenters. The van der Waals surface area contributed by atoms with Gasteiger partial charge in [0.05, 0.1) is 18.6 Å². The summed E-state index contributed by atoms with van der Waals surface area (Å²) in [5.74, 6) is 1.25. The molecule has 5 rings (SSSR count). The summed E-state index contributed by atoms with van der Waals surface area (Å²) in [7, 11) is 0. The Balaban J connectivity index is 1.13. The average molecular weight is 384 g/mol. The molecular formula is C24H20N2O3. The number of likely N-dealkylation sites (tertiary alicyclic amines) is 1. The molecule has 29 heavy (non-hydrogen) atoms. The normalized spacial score (nSPS) is 14.0. The first-order valence-electron chi connectivity index (χ1n) is 9.66. The molecule has 0 bridgehead atoms. The SMILES string of the molecule is O=C(COc1ccc2ccccc2c1)N1CC(Oc2ccc3ccccc3n2)C1. The zero-order chi connectivity index (χ0) is 19.6. The third-order valence-corrected chi connectivity index (χ3v) is 5.14. The monoisotopic (exact) mass is 384 g/mol. The van der Waals surface area contributed by atoms with Gasteiger partial charge in [-0.1, -0.05) is 48.5 Å². The van der Waals surface area contributed by atoms with Gasteiger partial charge in [0.25, 0.3) is 5.91 Å². The third kappa shape index (κ3) is 3.72. The van der Waals surface area contributed by atoms with Crippen molar-refractivity contribution in [2.24, 2.45) is 0 Å². The highest BCUT2D eigenvalue weighted by Gasteiger charge is 2.32. The number of hydrogen-bond acceptors (Lipinski definition) is 4. The molecule has 0 aliphatic carbocycles. The number of hydrogen-bond donors (Lipinski definition) is 0. The van der Waals surface area contributed by atoms with E-state index in [2.05, 4.69) is 11.1 Å². The largest absolute Gasteiger partial charge is 0.484 e. The minimum absolute atomic E-state index is 0.0271. The molecule has 0 radical (unpaired) electrons. The van der Waals surface area contributed by atoms with Gasteiger partial charge in [0, 0.05) is 11.5 Å². The van der Waals surface area contributed by atoms with Crippen LogP contribution in [0.3, 0.4) is 0 Å². The van der Waals surface area contributed by atoms with Crippen molar-refractivity contribution in [3.8, 4) is 11.6 Å². The maximum atomic E-state index is 12.4. The topological polar surface area (TPSA) is 51.7 Å². The van der Waals surface area contributed by atoms with Crippen molar-refractivity contribution < 1.29 is 14.3 Å². The number of carbonyl (C=O) groups is 1. The molecule has 1 aliphatic rings. The standard InChI is InChI=1S/C24H20N2O3/c27-24(16-28-20-11-9-17-5-1-2-7-19(17)13-20)26-14-21(15-26)29-23-12-10-18-6-3-4-8-22(18)25-23/h1-13,21H,14-16H2. The number of carbonyl (C=O) groups excluding carboxylic acids is 1. The van der Waals surface area contributed by atoms with Gasteiger partial charge in [-0.3, -0.25) is 4.79 Å². The van der Waals surface area contributed by atoms with Gasteiger partial charge in [0.15, 0.2) is 6.61 Å². The molecule has 0 N–H and O–H groups in total. The number of nitrogens with zero attached hydrogens (tertiary/aromatic N) is 2. The van der Waals surface area contributed by atoms with E-state index >= 15 is 0 Å². The molecular weight excluding hydrogens is 364 g/mol. The van der Waals surface area contributed by atoms with E-state index in [1.54, 1.807) is 4.90 Å². The number of benzene rings is 3. The average Bonchev–Trinajstić information content (AvgIpc) is 2.74. The fraction of sp³-hybridized carbons (Fsp3) is 0.167. The molecule has 1 saturated heterocycles. The summed E-state index contributed by atoms with van der Waals surface area (Å²) in [5, 5.41) is 3.32. The molecule has 2 heterocycles. The number of pyridine rings is 1. The highest BCUT2D eigenvalue weighted by molar-refractivity contribution is 5.84. The number of rotatable bonds is 5.